The molecule has 0 saturated heterocycles. The summed E-state index contributed by atoms with van der Waals surface area (Å²) in [5.74, 6) is -0.781. The summed E-state index contributed by atoms with van der Waals surface area (Å²) in [5, 5.41) is 9.63. The second-order valence-corrected chi connectivity index (χ2v) is 5.28. The fourth-order valence-corrected chi connectivity index (χ4v) is 2.20. The van der Waals surface area contributed by atoms with Crippen LogP contribution in [0.2, 0.25) is 5.02 Å². The van der Waals surface area contributed by atoms with Crippen LogP contribution in [-0.4, -0.2) is 11.1 Å². The molecule has 0 heterocycles. The molecule has 0 aliphatic heterocycles. The fraction of sp³-hybridized carbons (Fsp3) is 0.462. The van der Waals surface area contributed by atoms with E-state index in [9.17, 15) is 4.79 Å². The summed E-state index contributed by atoms with van der Waals surface area (Å²) in [7, 11) is 0. The number of aliphatic carboxylic acids is 1. The summed E-state index contributed by atoms with van der Waals surface area (Å²) in [5.41, 5.74) is 2.71. The van der Waals surface area contributed by atoms with Crippen LogP contribution in [0.15, 0.2) is 12.1 Å². The minimum atomic E-state index is -0.781. The molecule has 2 nitrogen and oxygen atoms in total. The number of carboxylic acids is 1. The zero-order valence-electron chi connectivity index (χ0n) is 10.1. The molecule has 1 aromatic rings. The molecule has 88 valence electrons. The Kier molecular flexibility index (Phi) is 3.64. The molecule has 0 aromatic heterocycles. The van der Waals surface area contributed by atoms with Crippen molar-refractivity contribution in [1.29, 1.82) is 0 Å². The standard InChI is InChI=1S/C13H17ClO2/c1-8-6-11(14)9(2)5-10(8)13(3,4)7-12(15)16/h5-6H,7H2,1-4H3,(H,15,16). The number of halogens is 1. The van der Waals surface area contributed by atoms with Crippen molar-refractivity contribution in [2.45, 2.75) is 39.5 Å². The van der Waals surface area contributed by atoms with Gasteiger partial charge in [0.2, 0.25) is 0 Å². The predicted molar refractivity (Wildman–Crippen MR) is 66.2 cm³/mol. The van der Waals surface area contributed by atoms with Gasteiger partial charge in [-0.25, -0.2) is 0 Å². The Labute approximate surface area is 101 Å². The summed E-state index contributed by atoms with van der Waals surface area (Å²) in [4.78, 5) is 10.8. The maximum Gasteiger partial charge on any atom is 0.304 e. The second-order valence-electron chi connectivity index (χ2n) is 4.87. The minimum Gasteiger partial charge on any atom is -0.481 e. The van der Waals surface area contributed by atoms with Crippen molar-refractivity contribution in [3.63, 3.8) is 0 Å². The van der Waals surface area contributed by atoms with Gasteiger partial charge in [-0.05, 0) is 36.6 Å². The monoisotopic (exact) mass is 240 g/mol. The van der Waals surface area contributed by atoms with Crippen LogP contribution >= 0.6 is 11.6 Å². The van der Waals surface area contributed by atoms with Gasteiger partial charge in [0.1, 0.15) is 0 Å². The number of carboxylic acid groups (broad SMARTS) is 1. The summed E-state index contributed by atoms with van der Waals surface area (Å²) in [6.07, 6.45) is 0.120. The van der Waals surface area contributed by atoms with Crippen LogP contribution in [0.4, 0.5) is 0 Å². The molecule has 16 heavy (non-hydrogen) atoms. The van der Waals surface area contributed by atoms with Crippen LogP contribution in [0, 0.1) is 13.8 Å². The van der Waals surface area contributed by atoms with E-state index in [4.69, 9.17) is 16.7 Å². The zero-order chi connectivity index (χ0) is 12.5. The fourth-order valence-electron chi connectivity index (χ4n) is 1.98. The lowest BCUT2D eigenvalue weighted by Crippen LogP contribution is -2.23. The lowest BCUT2D eigenvalue weighted by molar-refractivity contribution is -0.138. The van der Waals surface area contributed by atoms with Gasteiger partial charge in [0.25, 0.3) is 0 Å². The highest BCUT2D eigenvalue weighted by Gasteiger charge is 2.26. The van der Waals surface area contributed by atoms with E-state index in [-0.39, 0.29) is 11.8 Å². The molecule has 0 atom stereocenters. The third-order valence-corrected chi connectivity index (χ3v) is 3.24. The zero-order valence-corrected chi connectivity index (χ0v) is 10.9. The average molecular weight is 241 g/mol. The van der Waals surface area contributed by atoms with Crippen LogP contribution < -0.4 is 0 Å². The van der Waals surface area contributed by atoms with E-state index < -0.39 is 5.97 Å². The summed E-state index contributed by atoms with van der Waals surface area (Å²) < 4.78 is 0. The molecule has 1 aromatic carbocycles. The minimum absolute atomic E-state index is 0.120. The van der Waals surface area contributed by atoms with E-state index >= 15 is 0 Å². The van der Waals surface area contributed by atoms with Gasteiger partial charge in [-0.2, -0.15) is 0 Å². The van der Waals surface area contributed by atoms with Crippen molar-refractivity contribution >= 4 is 17.6 Å². The third kappa shape index (κ3) is 2.76. The highest BCUT2D eigenvalue weighted by atomic mass is 35.5. The number of carbonyl (C=O) groups is 1. The number of benzene rings is 1. The van der Waals surface area contributed by atoms with Gasteiger partial charge in [0.05, 0.1) is 6.42 Å². The van der Waals surface area contributed by atoms with E-state index in [2.05, 4.69) is 0 Å². The SMILES string of the molecule is Cc1cc(C(C)(C)CC(=O)O)c(C)cc1Cl. The first-order valence-electron chi connectivity index (χ1n) is 5.23. The van der Waals surface area contributed by atoms with Crippen LogP contribution in [0.3, 0.4) is 0 Å². The topological polar surface area (TPSA) is 37.3 Å². The first kappa shape index (κ1) is 13.0. The van der Waals surface area contributed by atoms with Crippen molar-refractivity contribution in [2.24, 2.45) is 0 Å². The number of hydrogen-bond acceptors (Lipinski definition) is 1. The van der Waals surface area contributed by atoms with E-state index in [1.807, 2.05) is 39.8 Å². The molecule has 0 aliphatic carbocycles. The van der Waals surface area contributed by atoms with Gasteiger partial charge in [0.15, 0.2) is 0 Å². The summed E-state index contributed by atoms with van der Waals surface area (Å²) in [6.45, 7) is 7.78. The molecule has 0 unspecified atom stereocenters. The quantitative estimate of drug-likeness (QED) is 0.875. The molecule has 0 saturated carbocycles. The third-order valence-electron chi connectivity index (χ3n) is 2.83. The first-order chi connectivity index (χ1) is 7.24. The predicted octanol–water partition coefficient (Wildman–Crippen LogP) is 3.71. The Balaban J connectivity index is 3.22. The van der Waals surface area contributed by atoms with Gasteiger partial charge < -0.3 is 5.11 Å². The van der Waals surface area contributed by atoms with Crippen LogP contribution in [0.25, 0.3) is 0 Å². The molecule has 1 N–H and O–H groups in total. The van der Waals surface area contributed by atoms with Gasteiger partial charge in [-0.15, -0.1) is 0 Å². The summed E-state index contributed by atoms with van der Waals surface area (Å²) >= 11 is 6.03. The molecule has 3 heteroatoms. The average Bonchev–Trinajstić information content (AvgIpc) is 2.08. The molecule has 0 aliphatic rings. The second kappa shape index (κ2) is 4.46. The number of rotatable bonds is 3. The lowest BCUT2D eigenvalue weighted by atomic mass is 9.79. The number of aryl methyl sites for hydroxylation is 2. The van der Waals surface area contributed by atoms with Gasteiger partial charge in [0, 0.05) is 10.4 Å². The van der Waals surface area contributed by atoms with Gasteiger partial charge in [-0.3, -0.25) is 4.79 Å². The van der Waals surface area contributed by atoms with E-state index in [1.165, 1.54) is 0 Å². The Hall–Kier alpha value is -1.02. The Morgan fingerprint density at radius 1 is 1.31 bits per heavy atom. The smallest absolute Gasteiger partial charge is 0.304 e. The molecule has 0 spiro atoms. The molecular formula is C13H17ClO2. The van der Waals surface area contributed by atoms with Crippen molar-refractivity contribution < 1.29 is 9.90 Å². The van der Waals surface area contributed by atoms with Crippen LogP contribution in [0.5, 0.6) is 0 Å². The summed E-state index contributed by atoms with van der Waals surface area (Å²) in [6, 6.07) is 3.89. The molecule has 0 bridgehead atoms. The van der Waals surface area contributed by atoms with Crippen molar-refractivity contribution in [3.05, 3.63) is 33.8 Å². The Bertz CT molecular complexity index is 422. The van der Waals surface area contributed by atoms with Gasteiger partial charge >= 0.3 is 5.97 Å². The van der Waals surface area contributed by atoms with Crippen LogP contribution in [-0.2, 0) is 10.2 Å². The van der Waals surface area contributed by atoms with Gasteiger partial charge in [-0.1, -0.05) is 31.5 Å². The van der Waals surface area contributed by atoms with E-state index in [1.54, 1.807) is 0 Å². The Morgan fingerprint density at radius 3 is 2.38 bits per heavy atom. The molecule has 0 radical (unpaired) electrons. The highest BCUT2D eigenvalue weighted by Crippen LogP contribution is 2.32. The maximum absolute atomic E-state index is 10.8. The van der Waals surface area contributed by atoms with E-state index in [0.29, 0.717) is 0 Å². The first-order valence-corrected chi connectivity index (χ1v) is 5.61. The largest absolute Gasteiger partial charge is 0.481 e. The van der Waals surface area contributed by atoms with Crippen molar-refractivity contribution in [2.75, 3.05) is 0 Å². The molecule has 1 rings (SSSR count). The van der Waals surface area contributed by atoms with E-state index in [0.717, 1.165) is 21.7 Å². The molecule has 0 fully saturated rings. The van der Waals surface area contributed by atoms with Crippen molar-refractivity contribution in [3.8, 4) is 0 Å². The van der Waals surface area contributed by atoms with Crippen molar-refractivity contribution in [1.82, 2.24) is 0 Å². The normalized spacial score (nSPS) is 11.6. The number of hydrogen-bond donors (Lipinski definition) is 1. The maximum atomic E-state index is 10.8. The lowest BCUT2D eigenvalue weighted by Gasteiger charge is -2.26. The Morgan fingerprint density at radius 2 is 1.88 bits per heavy atom. The molecule has 0 amide bonds. The molecular weight excluding hydrogens is 224 g/mol. The van der Waals surface area contributed by atoms with Crippen LogP contribution in [0.1, 0.15) is 37.0 Å². The highest BCUT2D eigenvalue weighted by molar-refractivity contribution is 6.31.